The van der Waals surface area contributed by atoms with Gasteiger partial charge in [-0.25, -0.2) is 13.1 Å². The van der Waals surface area contributed by atoms with Crippen molar-refractivity contribution in [2.75, 3.05) is 39.9 Å². The van der Waals surface area contributed by atoms with E-state index in [-0.39, 0.29) is 5.41 Å². The molecule has 0 bridgehead atoms. The molecule has 2 rings (SSSR count). The van der Waals surface area contributed by atoms with Crippen LogP contribution < -0.4 is 15.4 Å². The molecule has 160 valence electrons. The maximum Gasteiger partial charge on any atom is 0.250 e. The van der Waals surface area contributed by atoms with Crippen molar-refractivity contribution in [1.82, 2.24) is 15.4 Å². The second-order valence-electron chi connectivity index (χ2n) is 7.33. The van der Waals surface area contributed by atoms with Crippen LogP contribution in [0.3, 0.4) is 0 Å². The van der Waals surface area contributed by atoms with Gasteiger partial charge < -0.3 is 15.4 Å². The lowest BCUT2D eigenvalue weighted by molar-refractivity contribution is 0.141. The largest absolute Gasteiger partial charge is 0.385 e. The van der Waals surface area contributed by atoms with E-state index in [1.807, 2.05) is 19.9 Å². The third kappa shape index (κ3) is 7.02. The summed E-state index contributed by atoms with van der Waals surface area (Å²) in [6.45, 7) is 6.99. The molecular weight excluding hydrogens is 396 g/mol. The third-order valence-corrected chi connectivity index (χ3v) is 8.06. The molecule has 0 unspecified atom stereocenters. The SMILES string of the molecule is CCNC(=NCC1(CCOC)CCCC1)NCCNS(=O)(=O)c1ccc(C)s1. The Kier molecular flexibility index (Phi) is 9.20. The van der Waals surface area contributed by atoms with E-state index in [9.17, 15) is 8.42 Å². The first-order chi connectivity index (χ1) is 13.4. The molecule has 0 amide bonds. The van der Waals surface area contributed by atoms with Crippen LogP contribution in [0.25, 0.3) is 0 Å². The Labute approximate surface area is 173 Å². The van der Waals surface area contributed by atoms with Crippen LogP contribution in [0.15, 0.2) is 21.3 Å². The Morgan fingerprint density at radius 1 is 1.25 bits per heavy atom. The maximum atomic E-state index is 12.3. The number of guanidine groups is 1. The van der Waals surface area contributed by atoms with Gasteiger partial charge >= 0.3 is 0 Å². The average molecular weight is 431 g/mol. The standard InChI is InChI=1S/C19H34N4O3S2/c1-4-20-18(22-15-19(11-14-26-3)9-5-6-10-19)21-12-13-23-28(24,25)17-8-7-16(2)27-17/h7-8,23H,4-6,9-15H2,1-3H3,(H2,20,21,22). The van der Waals surface area contributed by atoms with Crippen LogP contribution >= 0.6 is 11.3 Å². The maximum absolute atomic E-state index is 12.3. The normalized spacial score (nSPS) is 17.0. The molecule has 9 heteroatoms. The summed E-state index contributed by atoms with van der Waals surface area (Å²) in [6, 6.07) is 3.46. The lowest BCUT2D eigenvalue weighted by Gasteiger charge is -2.27. The van der Waals surface area contributed by atoms with Gasteiger partial charge in [-0.3, -0.25) is 4.99 Å². The quantitative estimate of drug-likeness (QED) is 0.285. The van der Waals surface area contributed by atoms with Gasteiger partial charge in [0.25, 0.3) is 0 Å². The van der Waals surface area contributed by atoms with Crippen LogP contribution in [0, 0.1) is 12.3 Å². The van der Waals surface area contributed by atoms with Gasteiger partial charge in [-0.2, -0.15) is 0 Å². The van der Waals surface area contributed by atoms with Crippen molar-refractivity contribution in [3.8, 4) is 0 Å². The van der Waals surface area contributed by atoms with Crippen molar-refractivity contribution < 1.29 is 13.2 Å². The van der Waals surface area contributed by atoms with E-state index < -0.39 is 10.0 Å². The Hall–Kier alpha value is -1.16. The van der Waals surface area contributed by atoms with E-state index in [0.717, 1.165) is 37.0 Å². The van der Waals surface area contributed by atoms with Crippen molar-refractivity contribution in [2.24, 2.45) is 10.4 Å². The van der Waals surface area contributed by atoms with Crippen molar-refractivity contribution in [3.63, 3.8) is 0 Å². The highest BCUT2D eigenvalue weighted by Crippen LogP contribution is 2.41. The molecule has 1 saturated carbocycles. The molecule has 3 N–H and O–H groups in total. The molecule has 0 radical (unpaired) electrons. The topological polar surface area (TPSA) is 91.8 Å². The Morgan fingerprint density at radius 3 is 2.61 bits per heavy atom. The first kappa shape index (κ1) is 23.1. The number of methoxy groups -OCH3 is 1. The van der Waals surface area contributed by atoms with Crippen LogP contribution in [0.2, 0.25) is 0 Å². The van der Waals surface area contributed by atoms with Crippen molar-refractivity contribution in [1.29, 1.82) is 0 Å². The summed E-state index contributed by atoms with van der Waals surface area (Å²) in [5, 5.41) is 6.48. The number of thiophene rings is 1. The first-order valence-electron chi connectivity index (χ1n) is 9.98. The first-order valence-corrected chi connectivity index (χ1v) is 12.3. The summed E-state index contributed by atoms with van der Waals surface area (Å²) in [7, 11) is -1.69. The Morgan fingerprint density at radius 2 is 2.00 bits per heavy atom. The number of nitrogens with zero attached hydrogens (tertiary/aromatic N) is 1. The highest BCUT2D eigenvalue weighted by Gasteiger charge is 2.33. The Bertz CT molecular complexity index is 725. The van der Waals surface area contributed by atoms with Gasteiger partial charge in [-0.05, 0) is 50.7 Å². The minimum absolute atomic E-state index is 0.233. The molecule has 1 aliphatic carbocycles. The molecule has 1 aromatic heterocycles. The van der Waals surface area contributed by atoms with Gasteiger partial charge in [0.05, 0.1) is 0 Å². The summed E-state index contributed by atoms with van der Waals surface area (Å²) in [5.74, 6) is 0.734. The summed E-state index contributed by atoms with van der Waals surface area (Å²) >= 11 is 1.28. The zero-order valence-corrected chi connectivity index (χ0v) is 18.8. The number of sulfonamides is 1. The lowest BCUT2D eigenvalue weighted by atomic mass is 9.83. The molecule has 1 heterocycles. The minimum atomic E-state index is -3.44. The van der Waals surface area contributed by atoms with Gasteiger partial charge in [0.15, 0.2) is 5.96 Å². The molecule has 28 heavy (non-hydrogen) atoms. The number of ether oxygens (including phenoxy) is 1. The van der Waals surface area contributed by atoms with E-state index >= 15 is 0 Å². The molecule has 1 aliphatic rings. The van der Waals surface area contributed by atoms with Gasteiger partial charge in [-0.15, -0.1) is 11.3 Å². The molecule has 0 aliphatic heterocycles. The zero-order valence-electron chi connectivity index (χ0n) is 17.2. The summed E-state index contributed by atoms with van der Waals surface area (Å²) in [4.78, 5) is 5.76. The number of aliphatic imine (C=N–C) groups is 1. The molecule has 0 saturated heterocycles. The predicted octanol–water partition coefficient (Wildman–Crippen LogP) is 2.49. The Balaban J connectivity index is 1.85. The molecule has 0 spiro atoms. The van der Waals surface area contributed by atoms with E-state index in [2.05, 4.69) is 15.4 Å². The van der Waals surface area contributed by atoms with Gasteiger partial charge in [0, 0.05) is 44.8 Å². The number of nitrogens with one attached hydrogen (secondary N) is 3. The predicted molar refractivity (Wildman–Crippen MR) is 116 cm³/mol. The van der Waals surface area contributed by atoms with Crippen LogP contribution in [0.5, 0.6) is 0 Å². The number of hydrogen-bond acceptors (Lipinski definition) is 5. The van der Waals surface area contributed by atoms with E-state index in [1.54, 1.807) is 13.2 Å². The number of rotatable bonds is 11. The fourth-order valence-corrected chi connectivity index (χ4v) is 5.87. The smallest absolute Gasteiger partial charge is 0.250 e. The highest BCUT2D eigenvalue weighted by molar-refractivity contribution is 7.91. The second-order valence-corrected chi connectivity index (χ2v) is 10.6. The third-order valence-electron chi connectivity index (χ3n) is 5.11. The fourth-order valence-electron chi connectivity index (χ4n) is 3.51. The van der Waals surface area contributed by atoms with Crippen LogP contribution in [-0.4, -0.2) is 54.3 Å². The van der Waals surface area contributed by atoms with E-state index in [1.165, 1.54) is 37.0 Å². The van der Waals surface area contributed by atoms with Gasteiger partial charge in [0.1, 0.15) is 4.21 Å². The summed E-state index contributed by atoms with van der Waals surface area (Å²) < 4.78 is 32.8. The average Bonchev–Trinajstić information content (AvgIpc) is 3.31. The molecule has 1 aromatic rings. The highest BCUT2D eigenvalue weighted by atomic mass is 32.2. The molecule has 7 nitrogen and oxygen atoms in total. The van der Waals surface area contributed by atoms with Crippen LogP contribution in [0.4, 0.5) is 0 Å². The second kappa shape index (κ2) is 11.1. The summed E-state index contributed by atoms with van der Waals surface area (Å²) in [6.07, 6.45) is 5.94. The number of aryl methyl sites for hydroxylation is 1. The summed E-state index contributed by atoms with van der Waals surface area (Å²) in [5.41, 5.74) is 0.233. The molecule has 1 fully saturated rings. The van der Waals surface area contributed by atoms with Gasteiger partial charge in [0.2, 0.25) is 10.0 Å². The van der Waals surface area contributed by atoms with Crippen molar-refractivity contribution in [3.05, 3.63) is 17.0 Å². The minimum Gasteiger partial charge on any atom is -0.385 e. The van der Waals surface area contributed by atoms with E-state index in [4.69, 9.17) is 9.73 Å². The molecule has 0 aromatic carbocycles. The van der Waals surface area contributed by atoms with Crippen LogP contribution in [0.1, 0.15) is 43.9 Å². The molecular formula is C19H34N4O3S2. The number of hydrogen-bond donors (Lipinski definition) is 3. The van der Waals surface area contributed by atoms with Crippen molar-refractivity contribution >= 4 is 27.3 Å². The van der Waals surface area contributed by atoms with Crippen LogP contribution in [-0.2, 0) is 14.8 Å². The fraction of sp³-hybridized carbons (Fsp3) is 0.737. The van der Waals surface area contributed by atoms with Gasteiger partial charge in [-0.1, -0.05) is 12.8 Å². The lowest BCUT2D eigenvalue weighted by Crippen LogP contribution is -2.42. The molecule has 0 atom stereocenters. The van der Waals surface area contributed by atoms with E-state index in [0.29, 0.717) is 17.3 Å². The monoisotopic (exact) mass is 430 g/mol. The zero-order chi connectivity index (χ0) is 20.5. The van der Waals surface area contributed by atoms with Crippen molar-refractivity contribution in [2.45, 2.75) is 50.2 Å².